The van der Waals surface area contributed by atoms with Crippen LogP contribution in [0, 0.1) is 6.92 Å². The molecule has 0 aromatic heterocycles. The van der Waals surface area contributed by atoms with Crippen LogP contribution in [0.3, 0.4) is 0 Å². The van der Waals surface area contributed by atoms with Crippen molar-refractivity contribution in [1.82, 2.24) is 0 Å². The topological polar surface area (TPSA) is 20.2 Å². The van der Waals surface area contributed by atoms with Gasteiger partial charge in [-0.2, -0.15) is 0 Å². The molecule has 0 radical (unpaired) electrons. The quantitative estimate of drug-likeness (QED) is 0.814. The Balaban J connectivity index is 1.86. The van der Waals surface area contributed by atoms with Crippen molar-refractivity contribution in [3.8, 4) is 0 Å². The van der Waals surface area contributed by atoms with Gasteiger partial charge >= 0.3 is 0 Å². The second-order valence-corrected chi connectivity index (χ2v) is 6.62. The molecule has 2 rings (SSSR count). The molecule has 0 saturated carbocycles. The summed E-state index contributed by atoms with van der Waals surface area (Å²) in [6.07, 6.45) is 0.397. The Labute approximate surface area is 127 Å². The number of hydrogen-bond acceptors (Lipinski definition) is 2. The third-order valence-electron chi connectivity index (χ3n) is 2.79. The largest absolute Gasteiger partial charge is 0.392 e. The van der Waals surface area contributed by atoms with Crippen LogP contribution in [0.1, 0.15) is 11.1 Å². The predicted octanol–water partition coefficient (Wildman–Crippen LogP) is 4.45. The summed E-state index contributed by atoms with van der Waals surface area (Å²) < 4.78 is 1.07. The number of benzene rings is 2. The van der Waals surface area contributed by atoms with Crippen molar-refractivity contribution < 1.29 is 5.11 Å². The summed E-state index contributed by atoms with van der Waals surface area (Å²) in [5.41, 5.74) is 2.44. The first kappa shape index (κ1) is 14.6. The van der Waals surface area contributed by atoms with E-state index in [9.17, 15) is 5.11 Å². The average Bonchev–Trinajstić information content (AvgIpc) is 2.36. The SMILES string of the molecule is Cc1cccc(CC(O)CSc2cccc(Br)c2)c1. The Hall–Kier alpha value is -0.770. The molecule has 0 aliphatic heterocycles. The third kappa shape index (κ3) is 5.01. The van der Waals surface area contributed by atoms with Crippen LogP contribution in [0.25, 0.3) is 0 Å². The molecule has 1 atom stereocenters. The molecule has 0 aliphatic rings. The van der Waals surface area contributed by atoms with E-state index >= 15 is 0 Å². The van der Waals surface area contributed by atoms with Crippen molar-refractivity contribution in [2.45, 2.75) is 24.3 Å². The molecule has 2 aromatic carbocycles. The van der Waals surface area contributed by atoms with E-state index in [1.807, 2.05) is 18.2 Å². The number of halogens is 1. The maximum atomic E-state index is 10.1. The lowest BCUT2D eigenvalue weighted by molar-refractivity contribution is 0.200. The Morgan fingerprint density at radius 1 is 1.16 bits per heavy atom. The van der Waals surface area contributed by atoms with Crippen LogP contribution in [-0.4, -0.2) is 17.0 Å². The van der Waals surface area contributed by atoms with Crippen LogP contribution < -0.4 is 0 Å². The molecule has 0 amide bonds. The second kappa shape index (κ2) is 7.13. The number of aryl methyl sites for hydroxylation is 1. The van der Waals surface area contributed by atoms with Gasteiger partial charge in [0.2, 0.25) is 0 Å². The molecule has 0 heterocycles. The van der Waals surface area contributed by atoms with Gasteiger partial charge in [-0.1, -0.05) is 51.8 Å². The summed E-state index contributed by atoms with van der Waals surface area (Å²) in [4.78, 5) is 1.18. The number of aliphatic hydroxyl groups is 1. The number of rotatable bonds is 5. The van der Waals surface area contributed by atoms with Gasteiger partial charge in [-0.25, -0.2) is 0 Å². The molecule has 100 valence electrons. The van der Waals surface area contributed by atoms with Gasteiger partial charge in [0.25, 0.3) is 0 Å². The first-order chi connectivity index (χ1) is 9.13. The lowest BCUT2D eigenvalue weighted by Gasteiger charge is -2.11. The molecular formula is C16H17BrOS. The molecule has 3 heteroatoms. The summed E-state index contributed by atoms with van der Waals surface area (Å²) in [7, 11) is 0. The maximum Gasteiger partial charge on any atom is 0.0674 e. The molecule has 0 spiro atoms. The number of hydrogen-bond donors (Lipinski definition) is 1. The van der Waals surface area contributed by atoms with E-state index in [1.165, 1.54) is 16.0 Å². The molecule has 0 bridgehead atoms. The molecule has 19 heavy (non-hydrogen) atoms. The normalized spacial score (nSPS) is 12.4. The zero-order valence-electron chi connectivity index (χ0n) is 10.8. The molecular weight excluding hydrogens is 320 g/mol. The molecule has 1 N–H and O–H groups in total. The van der Waals surface area contributed by atoms with Gasteiger partial charge in [0, 0.05) is 15.1 Å². The lowest BCUT2D eigenvalue weighted by Crippen LogP contribution is -2.13. The predicted molar refractivity (Wildman–Crippen MR) is 85.8 cm³/mol. The van der Waals surface area contributed by atoms with Crippen LogP contribution >= 0.6 is 27.7 Å². The van der Waals surface area contributed by atoms with E-state index in [2.05, 4.69) is 53.2 Å². The van der Waals surface area contributed by atoms with Crippen LogP contribution in [0.2, 0.25) is 0 Å². The Morgan fingerprint density at radius 2 is 1.95 bits per heavy atom. The van der Waals surface area contributed by atoms with E-state index in [4.69, 9.17) is 0 Å². The van der Waals surface area contributed by atoms with E-state index in [0.29, 0.717) is 12.2 Å². The van der Waals surface area contributed by atoms with Crippen LogP contribution in [0.4, 0.5) is 0 Å². The minimum atomic E-state index is -0.314. The summed E-state index contributed by atoms with van der Waals surface area (Å²) in [5.74, 6) is 0.713. The fraction of sp³-hybridized carbons (Fsp3) is 0.250. The standard InChI is InChI=1S/C16H17BrOS/c1-12-4-2-5-13(8-12)9-15(18)11-19-16-7-3-6-14(17)10-16/h2-8,10,15,18H,9,11H2,1H3. The van der Waals surface area contributed by atoms with Crippen LogP contribution in [0.15, 0.2) is 57.9 Å². The Morgan fingerprint density at radius 3 is 2.68 bits per heavy atom. The van der Waals surface area contributed by atoms with Crippen molar-refractivity contribution >= 4 is 27.7 Å². The van der Waals surface area contributed by atoms with Crippen molar-refractivity contribution in [2.24, 2.45) is 0 Å². The van der Waals surface area contributed by atoms with Crippen molar-refractivity contribution in [2.75, 3.05) is 5.75 Å². The summed E-state index contributed by atoms with van der Waals surface area (Å²) in [6.45, 7) is 2.08. The molecule has 0 aliphatic carbocycles. The zero-order chi connectivity index (χ0) is 13.7. The fourth-order valence-corrected chi connectivity index (χ4v) is 3.36. The van der Waals surface area contributed by atoms with E-state index in [-0.39, 0.29) is 6.10 Å². The van der Waals surface area contributed by atoms with Gasteiger partial charge in [-0.15, -0.1) is 11.8 Å². The molecule has 1 nitrogen and oxygen atoms in total. The summed E-state index contributed by atoms with van der Waals surface area (Å²) >= 11 is 5.14. The Kier molecular flexibility index (Phi) is 5.49. The Bertz CT molecular complexity index is 542. The van der Waals surface area contributed by atoms with Crippen molar-refractivity contribution in [3.05, 3.63) is 64.1 Å². The molecule has 2 aromatic rings. The fourth-order valence-electron chi connectivity index (χ4n) is 1.92. The maximum absolute atomic E-state index is 10.1. The highest BCUT2D eigenvalue weighted by Crippen LogP contribution is 2.23. The molecule has 0 saturated heterocycles. The molecule has 1 unspecified atom stereocenters. The van der Waals surface area contributed by atoms with Crippen molar-refractivity contribution in [3.63, 3.8) is 0 Å². The first-order valence-electron chi connectivity index (χ1n) is 6.25. The highest BCUT2D eigenvalue weighted by atomic mass is 79.9. The van der Waals surface area contributed by atoms with Gasteiger partial charge in [-0.3, -0.25) is 0 Å². The minimum absolute atomic E-state index is 0.314. The minimum Gasteiger partial charge on any atom is -0.392 e. The summed E-state index contributed by atoms with van der Waals surface area (Å²) in [6, 6.07) is 16.5. The van der Waals surface area contributed by atoms with Crippen LogP contribution in [0.5, 0.6) is 0 Å². The second-order valence-electron chi connectivity index (χ2n) is 4.62. The monoisotopic (exact) mass is 336 g/mol. The van der Waals surface area contributed by atoms with E-state index < -0.39 is 0 Å². The van der Waals surface area contributed by atoms with Gasteiger partial charge in [0.1, 0.15) is 0 Å². The highest BCUT2D eigenvalue weighted by Gasteiger charge is 2.07. The summed E-state index contributed by atoms with van der Waals surface area (Å²) in [5, 5.41) is 10.1. The number of thioether (sulfide) groups is 1. The smallest absolute Gasteiger partial charge is 0.0674 e. The van der Waals surface area contributed by atoms with Gasteiger partial charge < -0.3 is 5.11 Å². The highest BCUT2D eigenvalue weighted by molar-refractivity contribution is 9.10. The average molecular weight is 337 g/mol. The number of aliphatic hydroxyl groups excluding tert-OH is 1. The zero-order valence-corrected chi connectivity index (χ0v) is 13.2. The van der Waals surface area contributed by atoms with Gasteiger partial charge in [0.15, 0.2) is 0 Å². The van der Waals surface area contributed by atoms with Crippen molar-refractivity contribution in [1.29, 1.82) is 0 Å². The van der Waals surface area contributed by atoms with E-state index in [0.717, 1.165) is 4.47 Å². The third-order valence-corrected chi connectivity index (χ3v) is 4.42. The first-order valence-corrected chi connectivity index (χ1v) is 8.03. The lowest BCUT2D eigenvalue weighted by atomic mass is 10.1. The molecule has 0 fully saturated rings. The van der Waals surface area contributed by atoms with Gasteiger partial charge in [0.05, 0.1) is 6.10 Å². The van der Waals surface area contributed by atoms with Gasteiger partial charge in [-0.05, 0) is 37.1 Å². The van der Waals surface area contributed by atoms with E-state index in [1.54, 1.807) is 11.8 Å². The van der Waals surface area contributed by atoms with Crippen LogP contribution in [-0.2, 0) is 6.42 Å².